The van der Waals surface area contributed by atoms with Crippen molar-refractivity contribution in [2.75, 3.05) is 31.1 Å². The molecule has 1 aromatic carbocycles. The molecule has 0 atom stereocenters. The van der Waals surface area contributed by atoms with Crippen molar-refractivity contribution in [2.24, 2.45) is 0 Å². The van der Waals surface area contributed by atoms with Gasteiger partial charge in [0, 0.05) is 26.2 Å². The van der Waals surface area contributed by atoms with Gasteiger partial charge in [0.2, 0.25) is 10.0 Å². The zero-order valence-electron chi connectivity index (χ0n) is 16.5. The summed E-state index contributed by atoms with van der Waals surface area (Å²) in [6.07, 6.45) is 0.850. The minimum atomic E-state index is -3.54. The van der Waals surface area contributed by atoms with Crippen LogP contribution >= 0.6 is 11.3 Å². The van der Waals surface area contributed by atoms with Crippen LogP contribution < -0.4 is 4.90 Å². The van der Waals surface area contributed by atoms with Gasteiger partial charge in [0.1, 0.15) is 0 Å². The maximum atomic E-state index is 13.4. The fraction of sp³-hybridized carbons (Fsp3) is 0.450. The molecule has 1 saturated heterocycles. The summed E-state index contributed by atoms with van der Waals surface area (Å²) in [5.74, 6) is 0. The van der Waals surface area contributed by atoms with Gasteiger partial charge in [-0.3, -0.25) is 4.79 Å². The highest BCUT2D eigenvalue weighted by atomic mass is 32.2. The van der Waals surface area contributed by atoms with E-state index in [1.165, 1.54) is 11.3 Å². The van der Waals surface area contributed by atoms with E-state index in [4.69, 9.17) is 0 Å². The molecular formula is C20H26N2O3S2. The third kappa shape index (κ3) is 3.44. The Hall–Kier alpha value is -1.70. The summed E-state index contributed by atoms with van der Waals surface area (Å²) in [6.45, 7) is 12.0. The molecule has 5 nitrogen and oxygen atoms in total. The van der Waals surface area contributed by atoms with Gasteiger partial charge in [0.25, 0.3) is 0 Å². The summed E-state index contributed by atoms with van der Waals surface area (Å²) in [5, 5.41) is 1.02. The molecule has 3 rings (SSSR count). The van der Waals surface area contributed by atoms with Gasteiger partial charge < -0.3 is 4.90 Å². The van der Waals surface area contributed by atoms with Crippen molar-refractivity contribution in [2.45, 2.75) is 39.5 Å². The third-order valence-corrected chi connectivity index (χ3v) is 9.05. The maximum Gasteiger partial charge on any atom is 0.243 e. The van der Waals surface area contributed by atoms with Gasteiger partial charge in [-0.2, -0.15) is 4.31 Å². The summed E-state index contributed by atoms with van der Waals surface area (Å²) in [7, 11) is -3.54. The van der Waals surface area contributed by atoms with E-state index >= 15 is 0 Å². The molecule has 0 unspecified atom stereocenters. The van der Waals surface area contributed by atoms with E-state index in [1.807, 2.05) is 33.8 Å². The molecule has 0 aliphatic carbocycles. The number of thiophene rings is 1. The van der Waals surface area contributed by atoms with Crippen LogP contribution in [0.1, 0.15) is 37.5 Å². The van der Waals surface area contributed by atoms with E-state index in [1.54, 1.807) is 10.4 Å². The molecule has 2 aromatic rings. The van der Waals surface area contributed by atoms with Gasteiger partial charge in [-0.1, -0.05) is 0 Å². The molecule has 1 fully saturated rings. The molecule has 1 aliphatic heterocycles. The summed E-state index contributed by atoms with van der Waals surface area (Å²) in [5.41, 5.74) is 4.97. The lowest BCUT2D eigenvalue weighted by Gasteiger charge is -2.35. The number of carbonyl (C=O) groups is 1. The fourth-order valence-corrected chi connectivity index (χ4v) is 6.56. The van der Waals surface area contributed by atoms with Gasteiger partial charge in [0.05, 0.1) is 14.8 Å². The van der Waals surface area contributed by atoms with E-state index < -0.39 is 10.0 Å². The van der Waals surface area contributed by atoms with E-state index in [0.717, 1.165) is 39.1 Å². The lowest BCUT2D eigenvalue weighted by Crippen LogP contribution is -2.48. The second-order valence-corrected chi connectivity index (χ2v) is 10.1. The van der Waals surface area contributed by atoms with E-state index in [2.05, 4.69) is 11.8 Å². The molecule has 0 N–H and O–H groups in total. The molecule has 0 amide bonds. The zero-order chi connectivity index (χ0) is 19.9. The lowest BCUT2D eigenvalue weighted by molar-refractivity contribution is 0.112. The number of rotatable bonds is 4. The first-order chi connectivity index (χ1) is 12.7. The van der Waals surface area contributed by atoms with Gasteiger partial charge in [-0.15, -0.1) is 11.3 Å². The molecular weight excluding hydrogens is 380 g/mol. The van der Waals surface area contributed by atoms with Crippen LogP contribution in [0.15, 0.2) is 17.0 Å². The van der Waals surface area contributed by atoms with Gasteiger partial charge in [0.15, 0.2) is 6.29 Å². The molecule has 27 heavy (non-hydrogen) atoms. The predicted molar refractivity (Wildman–Crippen MR) is 111 cm³/mol. The van der Waals surface area contributed by atoms with Gasteiger partial charge >= 0.3 is 0 Å². The number of aldehydes is 1. The Morgan fingerprint density at radius 2 is 1.37 bits per heavy atom. The van der Waals surface area contributed by atoms with Crippen molar-refractivity contribution in [3.05, 3.63) is 44.8 Å². The molecule has 1 aliphatic rings. The Kier molecular flexibility index (Phi) is 5.47. The van der Waals surface area contributed by atoms with Crippen LogP contribution in [0, 0.1) is 34.6 Å². The van der Waals surface area contributed by atoms with Crippen LogP contribution in [0.5, 0.6) is 0 Å². The van der Waals surface area contributed by atoms with E-state index in [-0.39, 0.29) is 0 Å². The minimum Gasteiger partial charge on any atom is -0.361 e. The summed E-state index contributed by atoms with van der Waals surface area (Å²) >= 11 is 1.44. The van der Waals surface area contributed by atoms with Crippen LogP contribution in [0.3, 0.4) is 0 Å². The average Bonchev–Trinajstić information content (AvgIpc) is 3.14. The number of hydrogen-bond donors (Lipinski definition) is 0. The highest BCUT2D eigenvalue weighted by molar-refractivity contribution is 7.89. The molecule has 2 heterocycles. The van der Waals surface area contributed by atoms with Gasteiger partial charge in [-0.05, 0) is 74.6 Å². The number of hydrogen-bond acceptors (Lipinski definition) is 5. The van der Waals surface area contributed by atoms with Crippen molar-refractivity contribution in [3.8, 4) is 0 Å². The quantitative estimate of drug-likeness (QED) is 0.728. The number of carbonyl (C=O) groups excluding carboxylic acids is 1. The SMILES string of the molecule is Cc1c(C)c(C)c(S(=O)(=O)N2CCN(c3ccc(C=O)s3)CC2)c(C)c1C. The molecule has 0 saturated carbocycles. The summed E-state index contributed by atoms with van der Waals surface area (Å²) in [6, 6.07) is 3.74. The summed E-state index contributed by atoms with van der Waals surface area (Å²) in [4.78, 5) is 14.2. The van der Waals surface area contributed by atoms with Crippen molar-refractivity contribution < 1.29 is 13.2 Å². The fourth-order valence-electron chi connectivity index (χ4n) is 3.71. The Labute approximate surface area is 165 Å². The number of anilines is 1. The Morgan fingerprint density at radius 1 is 0.852 bits per heavy atom. The molecule has 146 valence electrons. The minimum absolute atomic E-state index is 0.446. The Morgan fingerprint density at radius 3 is 1.85 bits per heavy atom. The Balaban J connectivity index is 1.87. The lowest BCUT2D eigenvalue weighted by atomic mass is 9.95. The van der Waals surface area contributed by atoms with Crippen LogP contribution in [-0.4, -0.2) is 45.2 Å². The normalized spacial score (nSPS) is 16.0. The predicted octanol–water partition coefficient (Wildman–Crippen LogP) is 3.61. The first-order valence-corrected chi connectivity index (χ1v) is 11.3. The average molecular weight is 407 g/mol. The smallest absolute Gasteiger partial charge is 0.243 e. The van der Waals surface area contributed by atoms with Crippen LogP contribution in [0.25, 0.3) is 0 Å². The topological polar surface area (TPSA) is 57.7 Å². The number of nitrogens with zero attached hydrogens (tertiary/aromatic N) is 2. The number of sulfonamides is 1. The van der Waals surface area contributed by atoms with E-state index in [9.17, 15) is 13.2 Å². The molecule has 0 bridgehead atoms. The zero-order valence-corrected chi connectivity index (χ0v) is 18.1. The maximum absolute atomic E-state index is 13.4. The van der Waals surface area contributed by atoms with Crippen molar-refractivity contribution in [1.82, 2.24) is 4.31 Å². The summed E-state index contributed by atoms with van der Waals surface area (Å²) < 4.78 is 28.4. The van der Waals surface area contributed by atoms with Crippen molar-refractivity contribution in [3.63, 3.8) is 0 Å². The van der Waals surface area contributed by atoms with Crippen molar-refractivity contribution >= 4 is 32.6 Å². The second kappa shape index (κ2) is 7.37. The highest BCUT2D eigenvalue weighted by Crippen LogP contribution is 2.33. The van der Waals surface area contributed by atoms with Crippen LogP contribution in [-0.2, 0) is 10.0 Å². The molecule has 7 heteroatoms. The monoisotopic (exact) mass is 406 g/mol. The Bertz CT molecular complexity index is 956. The third-order valence-electron chi connectivity index (χ3n) is 5.81. The van der Waals surface area contributed by atoms with Crippen LogP contribution in [0.2, 0.25) is 0 Å². The van der Waals surface area contributed by atoms with Crippen LogP contribution in [0.4, 0.5) is 5.00 Å². The second-order valence-electron chi connectivity index (χ2n) is 7.14. The first kappa shape index (κ1) is 20.0. The standard InChI is InChI=1S/C20H26N2O3S2/c1-13-14(2)16(4)20(17(5)15(13)3)27(24,25)22-10-8-21(9-11-22)19-7-6-18(12-23)26-19/h6-7,12H,8-11H2,1-5H3. The number of benzene rings is 1. The number of piperazine rings is 1. The molecule has 1 aromatic heterocycles. The highest BCUT2D eigenvalue weighted by Gasteiger charge is 2.32. The van der Waals surface area contributed by atoms with E-state index in [0.29, 0.717) is 36.0 Å². The first-order valence-electron chi connectivity index (χ1n) is 9.05. The molecule has 0 radical (unpaired) electrons. The molecule has 0 spiro atoms. The van der Waals surface area contributed by atoms with Crippen molar-refractivity contribution in [1.29, 1.82) is 0 Å². The largest absolute Gasteiger partial charge is 0.361 e. The van der Waals surface area contributed by atoms with Gasteiger partial charge in [-0.25, -0.2) is 8.42 Å².